The third kappa shape index (κ3) is 5.05. The quantitative estimate of drug-likeness (QED) is 0.149. The molecule has 0 bridgehead atoms. The number of non-ortho nitro benzene ring substituents is 1. The lowest BCUT2D eigenvalue weighted by molar-refractivity contribution is -0.384. The lowest BCUT2D eigenvalue weighted by Gasteiger charge is -2.19. The van der Waals surface area contributed by atoms with E-state index in [4.69, 9.17) is 0 Å². The van der Waals surface area contributed by atoms with E-state index in [1.807, 2.05) is 54.9 Å². The fourth-order valence-electron chi connectivity index (χ4n) is 3.79. The molecule has 0 spiro atoms. The molecular formula is C28H20N4O2S. The minimum Gasteiger partial charge on any atom is -0.325 e. The van der Waals surface area contributed by atoms with Gasteiger partial charge in [0.25, 0.3) is 5.69 Å². The van der Waals surface area contributed by atoms with Crippen LogP contribution in [-0.2, 0) is 0 Å². The molecule has 2 aromatic heterocycles. The number of hydrogen-bond donors (Lipinski definition) is 1. The average molecular weight is 477 g/mol. The van der Waals surface area contributed by atoms with Crippen molar-refractivity contribution in [3.8, 4) is 33.4 Å². The summed E-state index contributed by atoms with van der Waals surface area (Å²) in [6.07, 6.45) is 7.20. The molecule has 170 valence electrons. The lowest BCUT2D eigenvalue weighted by Crippen LogP contribution is -1.97. The summed E-state index contributed by atoms with van der Waals surface area (Å²) in [4.78, 5) is 20.2. The van der Waals surface area contributed by atoms with E-state index >= 15 is 0 Å². The van der Waals surface area contributed by atoms with Crippen LogP contribution in [0.15, 0.2) is 121 Å². The van der Waals surface area contributed by atoms with E-state index in [1.165, 1.54) is 24.1 Å². The van der Waals surface area contributed by atoms with Crippen LogP contribution in [0, 0.1) is 10.1 Å². The number of hydrogen-bond acceptors (Lipinski definition) is 6. The molecule has 0 aliphatic carbocycles. The van der Waals surface area contributed by atoms with Crippen molar-refractivity contribution < 1.29 is 4.92 Å². The lowest BCUT2D eigenvalue weighted by atomic mass is 9.92. The van der Waals surface area contributed by atoms with E-state index in [-0.39, 0.29) is 5.69 Å². The summed E-state index contributed by atoms with van der Waals surface area (Å²) >= 11 is 1.40. The predicted octanol–water partition coefficient (Wildman–Crippen LogP) is 7.51. The van der Waals surface area contributed by atoms with Gasteiger partial charge in [-0.1, -0.05) is 42.5 Å². The molecule has 0 aliphatic rings. The number of rotatable bonds is 7. The number of nitro groups is 1. The highest BCUT2D eigenvalue weighted by molar-refractivity contribution is 8.00. The molecule has 35 heavy (non-hydrogen) atoms. The standard InChI is InChI=1S/C28H20N4O2S/c33-32(34)24-10-12-25(13-11-24)35-31-28-26(21-8-4-14-29-18-21)16-23(20-6-2-1-3-7-20)17-27(28)22-9-5-15-30-19-22/h1-19,31H. The molecule has 0 aliphatic heterocycles. The maximum Gasteiger partial charge on any atom is 0.269 e. The molecule has 5 rings (SSSR count). The minimum absolute atomic E-state index is 0.0636. The number of anilines is 1. The van der Waals surface area contributed by atoms with Crippen LogP contribution < -0.4 is 4.72 Å². The van der Waals surface area contributed by atoms with Gasteiger partial charge in [0.2, 0.25) is 0 Å². The topological polar surface area (TPSA) is 81.0 Å². The monoisotopic (exact) mass is 476 g/mol. The third-order valence-corrected chi connectivity index (χ3v) is 6.32. The zero-order valence-corrected chi connectivity index (χ0v) is 19.4. The Labute approximate surface area is 207 Å². The van der Waals surface area contributed by atoms with Gasteiger partial charge in [-0.25, -0.2) is 0 Å². The first-order valence-corrected chi connectivity index (χ1v) is 11.7. The van der Waals surface area contributed by atoms with Crippen molar-refractivity contribution in [1.82, 2.24) is 9.97 Å². The Balaban J connectivity index is 1.65. The fourth-order valence-corrected chi connectivity index (χ4v) is 4.51. The van der Waals surface area contributed by atoms with Gasteiger partial charge in [0.1, 0.15) is 0 Å². The van der Waals surface area contributed by atoms with Crippen LogP contribution in [0.2, 0.25) is 0 Å². The van der Waals surface area contributed by atoms with Gasteiger partial charge in [0.15, 0.2) is 0 Å². The Bertz CT molecular complexity index is 1390. The summed E-state index contributed by atoms with van der Waals surface area (Å²) in [6.45, 7) is 0. The van der Waals surface area contributed by atoms with E-state index in [2.05, 4.69) is 39.0 Å². The van der Waals surface area contributed by atoms with Crippen LogP contribution in [0.1, 0.15) is 0 Å². The van der Waals surface area contributed by atoms with Crippen molar-refractivity contribution in [2.45, 2.75) is 4.90 Å². The van der Waals surface area contributed by atoms with Crippen LogP contribution in [0.5, 0.6) is 0 Å². The molecule has 0 saturated heterocycles. The largest absolute Gasteiger partial charge is 0.325 e. The molecule has 0 amide bonds. The first kappa shape index (κ1) is 22.3. The molecule has 0 fully saturated rings. The van der Waals surface area contributed by atoms with E-state index < -0.39 is 4.92 Å². The van der Waals surface area contributed by atoms with Crippen LogP contribution >= 0.6 is 11.9 Å². The van der Waals surface area contributed by atoms with Crippen molar-refractivity contribution in [3.63, 3.8) is 0 Å². The Kier molecular flexibility index (Phi) is 6.50. The van der Waals surface area contributed by atoms with Crippen molar-refractivity contribution in [3.05, 3.63) is 126 Å². The van der Waals surface area contributed by atoms with Crippen LogP contribution in [-0.4, -0.2) is 14.9 Å². The smallest absolute Gasteiger partial charge is 0.269 e. The summed E-state index contributed by atoms with van der Waals surface area (Å²) in [6, 6.07) is 28.9. The predicted molar refractivity (Wildman–Crippen MR) is 141 cm³/mol. The number of nitro benzene ring substituents is 1. The first-order chi connectivity index (χ1) is 17.2. The second-order valence-corrected chi connectivity index (χ2v) is 8.63. The van der Waals surface area contributed by atoms with Crippen LogP contribution in [0.4, 0.5) is 11.4 Å². The van der Waals surface area contributed by atoms with Crippen molar-refractivity contribution in [2.75, 3.05) is 4.72 Å². The van der Waals surface area contributed by atoms with E-state index in [9.17, 15) is 10.1 Å². The van der Waals surface area contributed by atoms with Gasteiger partial charge in [-0.3, -0.25) is 20.1 Å². The Morgan fingerprint density at radius 1 is 0.686 bits per heavy atom. The molecule has 0 atom stereocenters. The van der Waals surface area contributed by atoms with Crippen molar-refractivity contribution in [1.29, 1.82) is 0 Å². The van der Waals surface area contributed by atoms with Gasteiger partial charge >= 0.3 is 0 Å². The van der Waals surface area contributed by atoms with E-state index in [1.54, 1.807) is 24.5 Å². The summed E-state index contributed by atoms with van der Waals surface area (Å²) in [5.41, 5.74) is 7.10. The molecule has 5 aromatic rings. The maximum absolute atomic E-state index is 11.0. The van der Waals surface area contributed by atoms with Crippen LogP contribution in [0.25, 0.3) is 33.4 Å². The summed E-state index contributed by atoms with van der Waals surface area (Å²) in [5.74, 6) is 0. The molecule has 3 aromatic carbocycles. The van der Waals surface area contributed by atoms with Gasteiger partial charge in [-0.15, -0.1) is 0 Å². The molecule has 0 saturated carbocycles. The van der Waals surface area contributed by atoms with Gasteiger partial charge in [0, 0.05) is 64.1 Å². The van der Waals surface area contributed by atoms with Gasteiger partial charge in [0.05, 0.1) is 10.6 Å². The maximum atomic E-state index is 11.0. The number of pyridine rings is 2. The highest BCUT2D eigenvalue weighted by Gasteiger charge is 2.16. The van der Waals surface area contributed by atoms with Crippen LogP contribution in [0.3, 0.4) is 0 Å². The molecule has 7 heteroatoms. The number of nitrogens with one attached hydrogen (secondary N) is 1. The van der Waals surface area contributed by atoms with Crippen molar-refractivity contribution >= 4 is 23.3 Å². The van der Waals surface area contributed by atoms with E-state index in [0.29, 0.717) is 0 Å². The Morgan fingerprint density at radius 3 is 1.77 bits per heavy atom. The van der Waals surface area contributed by atoms with E-state index in [0.717, 1.165) is 44.0 Å². The number of nitrogens with zero attached hydrogens (tertiary/aromatic N) is 3. The minimum atomic E-state index is -0.398. The van der Waals surface area contributed by atoms with Gasteiger partial charge in [-0.2, -0.15) is 0 Å². The third-order valence-electron chi connectivity index (χ3n) is 5.51. The second-order valence-electron chi connectivity index (χ2n) is 7.75. The van der Waals surface area contributed by atoms with Crippen molar-refractivity contribution in [2.24, 2.45) is 0 Å². The molecule has 1 N–H and O–H groups in total. The molecule has 0 unspecified atom stereocenters. The Morgan fingerprint density at radius 2 is 1.26 bits per heavy atom. The zero-order chi connectivity index (χ0) is 24.0. The van der Waals surface area contributed by atoms with Gasteiger partial charge in [-0.05, 0) is 59.5 Å². The number of benzene rings is 3. The molecule has 0 radical (unpaired) electrons. The Hall–Kier alpha value is -4.49. The van der Waals surface area contributed by atoms with Gasteiger partial charge < -0.3 is 4.72 Å². The summed E-state index contributed by atoms with van der Waals surface area (Å²) in [7, 11) is 0. The SMILES string of the molecule is O=[N+]([O-])c1ccc(SNc2c(-c3cccnc3)cc(-c3ccccc3)cc2-c2cccnc2)cc1. The highest BCUT2D eigenvalue weighted by atomic mass is 32.2. The zero-order valence-electron chi connectivity index (χ0n) is 18.5. The summed E-state index contributed by atoms with van der Waals surface area (Å²) < 4.78 is 3.51. The normalized spacial score (nSPS) is 10.6. The summed E-state index contributed by atoms with van der Waals surface area (Å²) in [5, 5.41) is 11.0. The molecular weight excluding hydrogens is 456 g/mol. The molecule has 6 nitrogen and oxygen atoms in total. The highest BCUT2D eigenvalue weighted by Crippen LogP contribution is 2.42. The average Bonchev–Trinajstić information content (AvgIpc) is 2.93. The first-order valence-electron chi connectivity index (χ1n) is 10.9. The second kappa shape index (κ2) is 10.2. The fraction of sp³-hybridized carbons (Fsp3) is 0. The number of aromatic nitrogens is 2. The molecule has 2 heterocycles.